The number of amides is 4. The number of urea groups is 1. The normalized spacial score (nSPS) is 20.5. The van der Waals surface area contributed by atoms with Crippen LogP contribution in [0.5, 0.6) is 11.5 Å². The summed E-state index contributed by atoms with van der Waals surface area (Å²) in [5, 5.41) is 4.49. The van der Waals surface area contributed by atoms with Crippen molar-refractivity contribution in [2.75, 3.05) is 43.7 Å². The number of carbonyl (C=O) groups excluding carboxylic acids is 3. The summed E-state index contributed by atoms with van der Waals surface area (Å²) in [6.07, 6.45) is 3.57. The van der Waals surface area contributed by atoms with Crippen molar-refractivity contribution in [3.8, 4) is 11.5 Å². The lowest BCUT2D eigenvalue weighted by molar-refractivity contribution is -0.129. The second-order valence-corrected chi connectivity index (χ2v) is 14.5. The van der Waals surface area contributed by atoms with Gasteiger partial charge in [0.1, 0.15) is 17.1 Å². The molecule has 0 saturated carbocycles. The highest BCUT2D eigenvalue weighted by atomic mass is 32.2. The molecular formula is C31H41N5O6S. The maximum Gasteiger partial charge on any atom is 0.410 e. The van der Waals surface area contributed by atoms with Crippen molar-refractivity contribution >= 4 is 40.1 Å². The summed E-state index contributed by atoms with van der Waals surface area (Å²) < 4.78 is 18.1. The minimum atomic E-state index is -0.514. The van der Waals surface area contributed by atoms with E-state index in [1.54, 1.807) is 48.0 Å². The number of hydrogen-bond donors (Lipinski definition) is 1. The Labute approximate surface area is 255 Å². The van der Waals surface area contributed by atoms with Gasteiger partial charge in [-0.25, -0.2) is 25.0 Å². The topological polar surface area (TPSA) is 106 Å². The third-order valence-electron chi connectivity index (χ3n) is 7.74. The van der Waals surface area contributed by atoms with Crippen LogP contribution in [0.25, 0.3) is 5.52 Å². The molecule has 2 atom stereocenters. The predicted octanol–water partition coefficient (Wildman–Crippen LogP) is 4.85. The molecule has 11 nitrogen and oxygen atoms in total. The molecule has 2 aromatic heterocycles. The zero-order chi connectivity index (χ0) is 30.9. The number of nitrogens with zero attached hydrogens (tertiary/aromatic N) is 5. The number of methoxy groups -OCH3 is 2. The molecule has 1 unspecified atom stereocenters. The standard InChI is InChI=1S/C31H41N5O6S/c1-21-19-43(14-13-33(21)30(39)42-31(2,3)4)20-22-9-12-36-25(15-22)26(17-32-36)34-11-10-28(37)35(29(34)38)18-23-7-8-24(40-5)16-27(23)41-6/h7-9,12,15-17,21,43H,10-11,13-14,18-20H2,1-6H3/t21-/m0/s1. The SMILES string of the molecule is COc1ccc(CN2C(=O)CCN(c3cnn4ccc(C[SH]5CCN(C(=O)OC(C)(C)C)[C@@H](C)C5)cc34)C2=O)c(OC)c1. The van der Waals surface area contributed by atoms with E-state index in [2.05, 4.69) is 24.2 Å². The molecule has 232 valence electrons. The number of hydrogen-bond acceptors (Lipinski definition) is 7. The van der Waals surface area contributed by atoms with Crippen LogP contribution in [0.2, 0.25) is 0 Å². The quantitative estimate of drug-likeness (QED) is 0.381. The minimum absolute atomic E-state index is 0.0919. The molecule has 2 saturated heterocycles. The van der Waals surface area contributed by atoms with Crippen molar-refractivity contribution in [2.45, 2.75) is 58.1 Å². The maximum absolute atomic E-state index is 13.7. The average molecular weight is 612 g/mol. The predicted molar refractivity (Wildman–Crippen MR) is 167 cm³/mol. The van der Waals surface area contributed by atoms with Crippen LogP contribution >= 0.6 is 10.9 Å². The molecule has 5 rings (SSSR count). The number of ether oxygens (including phenoxy) is 3. The van der Waals surface area contributed by atoms with Crippen LogP contribution < -0.4 is 14.4 Å². The van der Waals surface area contributed by atoms with E-state index in [1.807, 2.05) is 31.9 Å². The molecular weight excluding hydrogens is 570 g/mol. The second-order valence-electron chi connectivity index (χ2n) is 12.0. The van der Waals surface area contributed by atoms with E-state index in [9.17, 15) is 14.4 Å². The van der Waals surface area contributed by atoms with Crippen molar-refractivity contribution in [1.82, 2.24) is 19.4 Å². The third-order valence-corrected chi connectivity index (χ3v) is 10.4. The van der Waals surface area contributed by atoms with Crippen LogP contribution in [0.15, 0.2) is 42.7 Å². The highest BCUT2D eigenvalue weighted by molar-refractivity contribution is 8.16. The van der Waals surface area contributed by atoms with Gasteiger partial charge in [-0.3, -0.25) is 14.6 Å². The van der Waals surface area contributed by atoms with Gasteiger partial charge in [-0.1, -0.05) is 0 Å². The van der Waals surface area contributed by atoms with E-state index in [4.69, 9.17) is 14.2 Å². The Hall–Kier alpha value is -3.93. The number of rotatable bonds is 7. The molecule has 0 spiro atoms. The van der Waals surface area contributed by atoms with Gasteiger partial charge >= 0.3 is 12.1 Å². The molecule has 4 heterocycles. The highest BCUT2D eigenvalue weighted by Gasteiger charge is 2.35. The Morgan fingerprint density at radius 1 is 1.09 bits per heavy atom. The first-order chi connectivity index (χ1) is 20.5. The first kappa shape index (κ1) is 30.5. The number of thiol groups is 1. The molecule has 12 heteroatoms. The largest absolute Gasteiger partial charge is 0.497 e. The lowest BCUT2D eigenvalue weighted by Crippen LogP contribution is -2.52. The zero-order valence-corrected chi connectivity index (χ0v) is 26.6. The summed E-state index contributed by atoms with van der Waals surface area (Å²) in [6.45, 7) is 8.81. The number of carbonyl (C=O) groups is 3. The molecule has 2 fully saturated rings. The molecule has 0 aliphatic carbocycles. The van der Waals surface area contributed by atoms with E-state index in [0.29, 0.717) is 29.3 Å². The fraction of sp³-hybridized carbons (Fsp3) is 0.484. The van der Waals surface area contributed by atoms with Gasteiger partial charge in [-0.15, -0.1) is 0 Å². The summed E-state index contributed by atoms with van der Waals surface area (Å²) in [6, 6.07) is 9.22. The van der Waals surface area contributed by atoms with E-state index in [-0.39, 0.29) is 54.5 Å². The monoisotopic (exact) mass is 611 g/mol. The van der Waals surface area contributed by atoms with Gasteiger partial charge in [-0.05, 0) is 69.0 Å². The summed E-state index contributed by atoms with van der Waals surface area (Å²) in [4.78, 5) is 44.0. The Morgan fingerprint density at radius 2 is 1.88 bits per heavy atom. The lowest BCUT2D eigenvalue weighted by Gasteiger charge is -2.40. The Bertz CT molecular complexity index is 1520. The van der Waals surface area contributed by atoms with Gasteiger partial charge in [0.25, 0.3) is 0 Å². The second kappa shape index (κ2) is 12.4. The van der Waals surface area contributed by atoms with Gasteiger partial charge in [-0.2, -0.15) is 5.10 Å². The maximum atomic E-state index is 13.7. The molecule has 2 aliphatic rings. The van der Waals surface area contributed by atoms with Crippen LogP contribution in [0, 0.1) is 0 Å². The lowest BCUT2D eigenvalue weighted by atomic mass is 10.1. The summed E-state index contributed by atoms with van der Waals surface area (Å²) in [5.74, 6) is 3.76. The van der Waals surface area contributed by atoms with Crippen molar-refractivity contribution in [2.24, 2.45) is 0 Å². The smallest absolute Gasteiger partial charge is 0.410 e. The fourth-order valence-corrected chi connectivity index (χ4v) is 8.19. The van der Waals surface area contributed by atoms with E-state index >= 15 is 0 Å². The highest BCUT2D eigenvalue weighted by Crippen LogP contribution is 2.37. The van der Waals surface area contributed by atoms with Crippen LogP contribution in [0.1, 0.15) is 45.2 Å². The fourth-order valence-electron chi connectivity index (χ4n) is 5.57. The number of benzene rings is 1. The van der Waals surface area contributed by atoms with Crippen LogP contribution in [-0.4, -0.2) is 87.9 Å². The Balaban J connectivity index is 1.31. The molecule has 4 amide bonds. The third kappa shape index (κ3) is 6.69. The first-order valence-corrected chi connectivity index (χ1v) is 16.4. The van der Waals surface area contributed by atoms with Crippen molar-refractivity contribution in [3.63, 3.8) is 0 Å². The first-order valence-electron chi connectivity index (χ1n) is 14.5. The number of fused-ring (bicyclic) bond motifs is 1. The molecule has 43 heavy (non-hydrogen) atoms. The van der Waals surface area contributed by atoms with Crippen LogP contribution in [0.4, 0.5) is 15.3 Å². The van der Waals surface area contributed by atoms with Crippen LogP contribution in [0.3, 0.4) is 0 Å². The number of imide groups is 1. The zero-order valence-electron chi connectivity index (χ0n) is 25.7. The molecule has 2 aliphatic heterocycles. The van der Waals surface area contributed by atoms with Gasteiger partial charge in [0.15, 0.2) is 0 Å². The molecule has 3 aromatic rings. The molecule has 0 bridgehead atoms. The summed E-state index contributed by atoms with van der Waals surface area (Å²) >= 11 is 0. The molecule has 1 aromatic carbocycles. The van der Waals surface area contributed by atoms with E-state index in [1.165, 1.54) is 10.5 Å². The van der Waals surface area contributed by atoms with Gasteiger partial charge in [0, 0.05) is 49.1 Å². The van der Waals surface area contributed by atoms with Gasteiger partial charge in [0.2, 0.25) is 5.91 Å². The number of pyridine rings is 1. The summed E-state index contributed by atoms with van der Waals surface area (Å²) in [5.41, 5.74) is 2.85. The number of anilines is 1. The van der Waals surface area contributed by atoms with Crippen molar-refractivity contribution in [3.05, 3.63) is 53.9 Å². The van der Waals surface area contributed by atoms with Crippen molar-refractivity contribution in [1.29, 1.82) is 0 Å². The van der Waals surface area contributed by atoms with Gasteiger partial charge < -0.3 is 19.1 Å². The van der Waals surface area contributed by atoms with Crippen molar-refractivity contribution < 1.29 is 28.6 Å². The Morgan fingerprint density at radius 3 is 2.58 bits per heavy atom. The van der Waals surface area contributed by atoms with Gasteiger partial charge in [0.05, 0.1) is 38.2 Å². The number of aromatic nitrogens is 2. The Kier molecular flexibility index (Phi) is 8.77. The summed E-state index contributed by atoms with van der Waals surface area (Å²) in [7, 11) is 2.79. The molecule has 0 N–H and O–H groups in total. The minimum Gasteiger partial charge on any atom is -0.497 e. The van der Waals surface area contributed by atoms with E-state index < -0.39 is 5.60 Å². The average Bonchev–Trinajstić information content (AvgIpc) is 3.37. The van der Waals surface area contributed by atoms with Crippen LogP contribution in [-0.2, 0) is 21.8 Å². The molecule has 0 radical (unpaired) electrons. The van der Waals surface area contributed by atoms with E-state index in [0.717, 1.165) is 22.8 Å².